The summed E-state index contributed by atoms with van der Waals surface area (Å²) in [7, 11) is -3.77. The molecule has 0 saturated carbocycles. The Labute approximate surface area is 194 Å². The van der Waals surface area contributed by atoms with Gasteiger partial charge in [0, 0.05) is 10.9 Å². The maximum absolute atomic E-state index is 13.1. The molecule has 2 aromatic heterocycles. The van der Waals surface area contributed by atoms with Gasteiger partial charge in [0.25, 0.3) is 5.91 Å². The second-order valence-corrected chi connectivity index (χ2v) is 9.53. The molecule has 4 aromatic rings. The Morgan fingerprint density at radius 1 is 1.06 bits per heavy atom. The van der Waals surface area contributed by atoms with E-state index in [9.17, 15) is 18.0 Å². The number of furan rings is 1. The second kappa shape index (κ2) is 9.13. The monoisotopic (exact) mass is 483 g/mol. The van der Waals surface area contributed by atoms with Gasteiger partial charge in [0.2, 0.25) is 20.8 Å². The molecule has 0 aliphatic heterocycles. The molecular formula is C23H18ClN3O5S. The number of hydrogen-bond acceptors (Lipinski definition) is 7. The van der Waals surface area contributed by atoms with E-state index in [0.717, 1.165) is 6.20 Å². The van der Waals surface area contributed by atoms with Crippen LogP contribution in [0.15, 0.2) is 70.4 Å². The summed E-state index contributed by atoms with van der Waals surface area (Å²) in [6.45, 7) is 1.70. The molecule has 0 spiro atoms. The van der Waals surface area contributed by atoms with Crippen molar-refractivity contribution in [1.82, 2.24) is 9.97 Å². The minimum Gasteiger partial charge on any atom is -0.450 e. The SMILES string of the molecule is CCCS(=O)(=O)c1ncc(Cl)c(C(=O)Nc2c(C(=O)c3ccccc3)oc3ccccc23)n1. The molecule has 0 saturated heterocycles. The number of ketones is 1. The van der Waals surface area contributed by atoms with E-state index in [1.165, 1.54) is 0 Å². The van der Waals surface area contributed by atoms with Crippen molar-refractivity contribution in [1.29, 1.82) is 0 Å². The lowest BCUT2D eigenvalue weighted by molar-refractivity contribution is 0.101. The summed E-state index contributed by atoms with van der Waals surface area (Å²) >= 11 is 6.10. The first-order valence-corrected chi connectivity index (χ1v) is 12.0. The molecule has 33 heavy (non-hydrogen) atoms. The summed E-state index contributed by atoms with van der Waals surface area (Å²) in [5.41, 5.74) is 0.578. The number of sulfone groups is 1. The predicted molar refractivity (Wildman–Crippen MR) is 123 cm³/mol. The topological polar surface area (TPSA) is 119 Å². The number of aromatic nitrogens is 2. The zero-order valence-corrected chi connectivity index (χ0v) is 19.0. The van der Waals surface area contributed by atoms with Gasteiger partial charge in [0.1, 0.15) is 5.58 Å². The first kappa shape index (κ1) is 22.6. The highest BCUT2D eigenvalue weighted by Crippen LogP contribution is 2.33. The maximum Gasteiger partial charge on any atom is 0.276 e. The molecule has 10 heteroatoms. The zero-order chi connectivity index (χ0) is 23.6. The molecule has 4 rings (SSSR count). The van der Waals surface area contributed by atoms with Crippen molar-refractivity contribution in [3.8, 4) is 0 Å². The minimum atomic E-state index is -3.77. The van der Waals surface area contributed by atoms with E-state index in [2.05, 4.69) is 15.3 Å². The number of nitrogens with zero attached hydrogens (tertiary/aromatic N) is 2. The number of halogens is 1. The van der Waals surface area contributed by atoms with Gasteiger partial charge in [-0.25, -0.2) is 18.4 Å². The van der Waals surface area contributed by atoms with Crippen molar-refractivity contribution in [2.45, 2.75) is 18.5 Å². The quantitative estimate of drug-likeness (QED) is 0.302. The Bertz CT molecular complexity index is 1470. The molecule has 0 aliphatic carbocycles. The lowest BCUT2D eigenvalue weighted by atomic mass is 10.1. The summed E-state index contributed by atoms with van der Waals surface area (Å²) in [4.78, 5) is 33.9. The molecule has 1 N–H and O–H groups in total. The van der Waals surface area contributed by atoms with Crippen LogP contribution in [-0.4, -0.2) is 35.8 Å². The molecular weight excluding hydrogens is 466 g/mol. The fourth-order valence-electron chi connectivity index (χ4n) is 3.24. The van der Waals surface area contributed by atoms with Gasteiger partial charge in [-0.3, -0.25) is 9.59 Å². The second-order valence-electron chi connectivity index (χ2n) is 7.12. The number of anilines is 1. The van der Waals surface area contributed by atoms with Crippen molar-refractivity contribution in [2.24, 2.45) is 0 Å². The van der Waals surface area contributed by atoms with Crippen LogP contribution in [0.4, 0.5) is 5.69 Å². The van der Waals surface area contributed by atoms with Crippen LogP contribution in [0.2, 0.25) is 5.02 Å². The summed E-state index contributed by atoms with van der Waals surface area (Å²) in [5.74, 6) is -1.47. The van der Waals surface area contributed by atoms with E-state index in [1.807, 2.05) is 0 Å². The third-order valence-electron chi connectivity index (χ3n) is 4.76. The molecule has 8 nitrogen and oxygen atoms in total. The van der Waals surface area contributed by atoms with Gasteiger partial charge < -0.3 is 9.73 Å². The first-order valence-electron chi connectivity index (χ1n) is 9.99. The standard InChI is InChI=1S/C23H18ClN3O5S/c1-2-12-33(30,31)23-25-13-16(24)19(27-23)22(29)26-18-15-10-6-7-11-17(15)32-21(18)20(28)14-8-4-3-5-9-14/h3-11,13H,2,12H2,1H3,(H,26,29). The van der Waals surface area contributed by atoms with Crippen molar-refractivity contribution in [3.05, 3.63) is 82.8 Å². The maximum atomic E-state index is 13.1. The largest absolute Gasteiger partial charge is 0.450 e. The fraction of sp³-hybridized carbons (Fsp3) is 0.130. The van der Waals surface area contributed by atoms with Crippen LogP contribution in [0, 0.1) is 0 Å². The summed E-state index contributed by atoms with van der Waals surface area (Å²) in [6.07, 6.45) is 1.43. The lowest BCUT2D eigenvalue weighted by Gasteiger charge is -2.08. The number of benzene rings is 2. The minimum absolute atomic E-state index is 0.0697. The number of hydrogen-bond donors (Lipinski definition) is 1. The summed E-state index contributed by atoms with van der Waals surface area (Å²) in [5, 5.41) is 2.50. The molecule has 1 amide bonds. The third-order valence-corrected chi connectivity index (χ3v) is 6.74. The van der Waals surface area contributed by atoms with Crippen molar-refractivity contribution in [3.63, 3.8) is 0 Å². The number of nitrogens with one attached hydrogen (secondary N) is 1. The van der Waals surface area contributed by atoms with Gasteiger partial charge in [-0.2, -0.15) is 0 Å². The van der Waals surface area contributed by atoms with Crippen LogP contribution in [0.25, 0.3) is 11.0 Å². The highest BCUT2D eigenvalue weighted by molar-refractivity contribution is 7.91. The third kappa shape index (κ3) is 4.50. The fourth-order valence-corrected chi connectivity index (χ4v) is 4.58. The zero-order valence-electron chi connectivity index (χ0n) is 17.4. The van der Waals surface area contributed by atoms with Gasteiger partial charge in [-0.15, -0.1) is 0 Å². The first-order chi connectivity index (χ1) is 15.8. The molecule has 2 heterocycles. The van der Waals surface area contributed by atoms with E-state index in [0.29, 0.717) is 23.0 Å². The molecule has 0 fully saturated rings. The Hall–Kier alpha value is -3.56. The molecule has 0 radical (unpaired) electrons. The van der Waals surface area contributed by atoms with Crippen molar-refractivity contribution >= 4 is 49.8 Å². The lowest BCUT2D eigenvalue weighted by Crippen LogP contribution is -2.19. The van der Waals surface area contributed by atoms with E-state index >= 15 is 0 Å². The van der Waals surface area contributed by atoms with Crippen LogP contribution in [-0.2, 0) is 9.84 Å². The summed E-state index contributed by atoms with van der Waals surface area (Å²) in [6, 6.07) is 15.3. The number of carbonyl (C=O) groups excluding carboxylic acids is 2. The number of fused-ring (bicyclic) bond motifs is 1. The van der Waals surface area contributed by atoms with Crippen molar-refractivity contribution in [2.75, 3.05) is 11.1 Å². The van der Waals surface area contributed by atoms with Crippen LogP contribution in [0.3, 0.4) is 0 Å². The Kier molecular flexibility index (Phi) is 6.26. The van der Waals surface area contributed by atoms with Gasteiger partial charge >= 0.3 is 0 Å². The number of carbonyl (C=O) groups is 2. The van der Waals surface area contributed by atoms with Crippen LogP contribution >= 0.6 is 11.6 Å². The molecule has 0 aliphatic rings. The van der Waals surface area contributed by atoms with E-state index < -0.39 is 26.7 Å². The van der Waals surface area contributed by atoms with Crippen LogP contribution in [0.5, 0.6) is 0 Å². The van der Waals surface area contributed by atoms with Crippen LogP contribution < -0.4 is 5.32 Å². The van der Waals surface area contributed by atoms with Gasteiger partial charge in [-0.1, -0.05) is 61.0 Å². The van der Waals surface area contributed by atoms with Gasteiger partial charge in [-0.05, 0) is 18.6 Å². The van der Waals surface area contributed by atoms with E-state index in [1.54, 1.807) is 61.5 Å². The Morgan fingerprint density at radius 3 is 2.48 bits per heavy atom. The highest BCUT2D eigenvalue weighted by Gasteiger charge is 2.26. The number of para-hydroxylation sites is 1. The number of amides is 1. The Balaban J connectivity index is 1.77. The Morgan fingerprint density at radius 2 is 1.76 bits per heavy atom. The summed E-state index contributed by atoms with van der Waals surface area (Å²) < 4.78 is 30.5. The molecule has 0 atom stereocenters. The van der Waals surface area contributed by atoms with Crippen LogP contribution in [0.1, 0.15) is 40.0 Å². The van der Waals surface area contributed by atoms with E-state index in [4.69, 9.17) is 16.0 Å². The molecule has 2 aromatic carbocycles. The number of rotatable bonds is 7. The average Bonchev–Trinajstić information content (AvgIpc) is 3.17. The van der Waals surface area contributed by atoms with Crippen molar-refractivity contribution < 1.29 is 22.4 Å². The van der Waals surface area contributed by atoms with Gasteiger partial charge in [0.05, 0.1) is 22.7 Å². The predicted octanol–water partition coefficient (Wildman–Crippen LogP) is 4.54. The average molecular weight is 484 g/mol. The highest BCUT2D eigenvalue weighted by atomic mass is 35.5. The van der Waals surface area contributed by atoms with Gasteiger partial charge in [0.15, 0.2) is 11.5 Å². The van der Waals surface area contributed by atoms with E-state index in [-0.39, 0.29) is 27.9 Å². The smallest absolute Gasteiger partial charge is 0.276 e. The molecule has 0 bridgehead atoms. The normalized spacial score (nSPS) is 11.5. The molecule has 0 unspecified atom stereocenters. The molecule has 168 valence electrons.